The zero-order valence-electron chi connectivity index (χ0n) is 13.1. The average molecular weight is 347 g/mol. The van der Waals surface area contributed by atoms with Gasteiger partial charge in [0.05, 0.1) is 10.6 Å². The highest BCUT2D eigenvalue weighted by molar-refractivity contribution is 7.98. The molecule has 0 unspecified atom stereocenters. The van der Waals surface area contributed by atoms with E-state index < -0.39 is 5.56 Å². The molecule has 0 fully saturated rings. The van der Waals surface area contributed by atoms with Gasteiger partial charge in [-0.3, -0.25) is 9.59 Å². The third kappa shape index (κ3) is 3.84. The van der Waals surface area contributed by atoms with Crippen molar-refractivity contribution in [2.75, 3.05) is 13.3 Å². The molecular weight excluding hydrogens is 330 g/mol. The van der Waals surface area contributed by atoms with Crippen molar-refractivity contribution in [2.45, 2.75) is 24.4 Å². The number of nitrogens with one attached hydrogen (secondary N) is 1. The van der Waals surface area contributed by atoms with Crippen LogP contribution in [0.3, 0.4) is 0 Å². The van der Waals surface area contributed by atoms with E-state index in [2.05, 4.69) is 4.98 Å². The van der Waals surface area contributed by atoms with E-state index in [1.165, 1.54) is 17.8 Å². The van der Waals surface area contributed by atoms with Crippen LogP contribution >= 0.6 is 23.1 Å². The Morgan fingerprint density at radius 1 is 1.57 bits per heavy atom. The van der Waals surface area contributed by atoms with E-state index >= 15 is 0 Å². The number of carbonyl (C=O) groups excluding carboxylic acids is 1. The Morgan fingerprint density at radius 2 is 2.30 bits per heavy atom. The Balaban J connectivity index is 2.25. The van der Waals surface area contributed by atoms with Gasteiger partial charge < -0.3 is 9.88 Å². The highest BCUT2D eigenvalue weighted by Gasteiger charge is 2.22. The zero-order chi connectivity index (χ0) is 17.0. The second kappa shape index (κ2) is 7.49. The topological polar surface area (TPSA) is 77.0 Å². The highest BCUT2D eigenvalue weighted by Crippen LogP contribution is 2.17. The number of nitrogens with zero attached hydrogens (tertiary/aromatic N) is 2. The number of hydrogen-bond donors (Lipinski definition) is 1. The molecule has 5 nitrogen and oxygen atoms in total. The molecule has 0 saturated heterocycles. The van der Waals surface area contributed by atoms with Crippen LogP contribution in [0.4, 0.5) is 0 Å². The molecule has 0 aliphatic carbocycles. The lowest BCUT2D eigenvalue weighted by Gasteiger charge is -2.24. The summed E-state index contributed by atoms with van der Waals surface area (Å²) in [6, 6.07) is 5.36. The van der Waals surface area contributed by atoms with Crippen molar-refractivity contribution in [1.82, 2.24) is 9.88 Å². The maximum Gasteiger partial charge on any atom is 0.261 e. The number of H-pyrrole nitrogens is 1. The van der Waals surface area contributed by atoms with E-state index in [1.54, 1.807) is 29.5 Å². The van der Waals surface area contributed by atoms with Crippen molar-refractivity contribution in [1.29, 1.82) is 5.26 Å². The number of likely N-dealkylation sites (N-methyl/N-ethyl adjacent to an activating group) is 1. The number of nitriles is 1. The third-order valence-corrected chi connectivity index (χ3v) is 5.11. The first-order chi connectivity index (χ1) is 11.0. The Kier molecular flexibility index (Phi) is 5.64. The van der Waals surface area contributed by atoms with Crippen molar-refractivity contribution >= 4 is 29.0 Å². The molecule has 7 heteroatoms. The minimum absolute atomic E-state index is 0.000909. The summed E-state index contributed by atoms with van der Waals surface area (Å²) in [4.78, 5) is 28.9. The molecule has 1 N–H and O–H groups in total. The van der Waals surface area contributed by atoms with Crippen molar-refractivity contribution < 1.29 is 4.79 Å². The highest BCUT2D eigenvalue weighted by atomic mass is 32.2. The SMILES string of the molecule is CSc1[nH]c(=O)c(C(=O)N(C)[C@H](C)Cc2ccsc2)cc1C#N. The second-order valence-corrected chi connectivity index (χ2v) is 6.77. The van der Waals surface area contributed by atoms with Crippen LogP contribution in [-0.4, -0.2) is 35.1 Å². The fourth-order valence-electron chi connectivity index (χ4n) is 2.19. The number of hydrogen-bond acceptors (Lipinski definition) is 5. The lowest BCUT2D eigenvalue weighted by molar-refractivity contribution is 0.0741. The number of thiophene rings is 1. The zero-order valence-corrected chi connectivity index (χ0v) is 14.8. The number of thioether (sulfide) groups is 1. The fourth-order valence-corrected chi connectivity index (χ4v) is 3.39. The van der Waals surface area contributed by atoms with Gasteiger partial charge in [0.2, 0.25) is 0 Å². The summed E-state index contributed by atoms with van der Waals surface area (Å²) >= 11 is 2.88. The van der Waals surface area contributed by atoms with Crippen LogP contribution in [0.1, 0.15) is 28.4 Å². The number of amides is 1. The van der Waals surface area contributed by atoms with Crippen molar-refractivity contribution in [3.05, 3.63) is 49.9 Å². The summed E-state index contributed by atoms with van der Waals surface area (Å²) < 4.78 is 0. The number of aromatic amines is 1. The lowest BCUT2D eigenvalue weighted by atomic mass is 10.1. The standard InChI is InChI=1S/C16H17N3O2S2/c1-10(6-11-4-5-23-9-11)19(2)16(21)13-7-12(8-17)15(22-3)18-14(13)20/h4-5,7,9-10H,6H2,1-3H3,(H,18,20)/t10-/m1/s1. The van der Waals surface area contributed by atoms with E-state index in [4.69, 9.17) is 5.26 Å². The summed E-state index contributed by atoms with van der Waals surface area (Å²) in [5.74, 6) is -0.377. The summed E-state index contributed by atoms with van der Waals surface area (Å²) in [5.41, 5.74) is 0.998. The van der Waals surface area contributed by atoms with E-state index in [-0.39, 0.29) is 17.5 Å². The van der Waals surface area contributed by atoms with Gasteiger partial charge in [-0.2, -0.15) is 16.6 Å². The Morgan fingerprint density at radius 3 is 2.87 bits per heavy atom. The van der Waals surface area contributed by atoms with Gasteiger partial charge >= 0.3 is 0 Å². The van der Waals surface area contributed by atoms with Gasteiger partial charge in [-0.1, -0.05) is 0 Å². The van der Waals surface area contributed by atoms with Crippen LogP contribution in [0.15, 0.2) is 32.7 Å². The Labute approximate surface area is 143 Å². The summed E-state index contributed by atoms with van der Waals surface area (Å²) in [7, 11) is 1.67. The van der Waals surface area contributed by atoms with Crippen molar-refractivity contribution in [2.24, 2.45) is 0 Å². The van der Waals surface area contributed by atoms with Gasteiger partial charge in [0.15, 0.2) is 0 Å². The molecule has 0 spiro atoms. The lowest BCUT2D eigenvalue weighted by Crippen LogP contribution is -2.39. The molecule has 0 aromatic carbocycles. The van der Waals surface area contributed by atoms with Gasteiger partial charge in [0.25, 0.3) is 11.5 Å². The van der Waals surface area contributed by atoms with Gasteiger partial charge in [-0.25, -0.2) is 0 Å². The first-order valence-corrected chi connectivity index (χ1v) is 9.14. The quantitative estimate of drug-likeness (QED) is 0.844. The average Bonchev–Trinajstić information content (AvgIpc) is 3.05. The second-order valence-electron chi connectivity index (χ2n) is 5.17. The van der Waals surface area contributed by atoms with Crippen LogP contribution in [0.5, 0.6) is 0 Å². The molecule has 2 heterocycles. The summed E-state index contributed by atoms with van der Waals surface area (Å²) in [6.07, 6.45) is 2.49. The smallest absolute Gasteiger partial charge is 0.261 e. The van der Waals surface area contributed by atoms with Crippen LogP contribution in [0.2, 0.25) is 0 Å². The predicted octanol–water partition coefficient (Wildman–Crippen LogP) is 2.73. The Bertz CT molecular complexity index is 791. The first-order valence-electron chi connectivity index (χ1n) is 6.97. The first kappa shape index (κ1) is 17.3. The normalized spacial score (nSPS) is 11.7. The predicted molar refractivity (Wildman–Crippen MR) is 93.1 cm³/mol. The minimum atomic E-state index is -0.465. The summed E-state index contributed by atoms with van der Waals surface area (Å²) in [5, 5.41) is 13.7. The number of carbonyl (C=O) groups is 1. The van der Waals surface area contributed by atoms with Crippen LogP contribution in [-0.2, 0) is 6.42 Å². The number of pyridine rings is 1. The molecule has 1 amide bonds. The van der Waals surface area contributed by atoms with Crippen LogP contribution in [0.25, 0.3) is 0 Å². The largest absolute Gasteiger partial charge is 0.338 e. The number of rotatable bonds is 5. The molecule has 0 radical (unpaired) electrons. The molecule has 23 heavy (non-hydrogen) atoms. The van der Waals surface area contributed by atoms with E-state index in [1.807, 2.05) is 29.8 Å². The molecule has 2 aromatic rings. The number of aromatic nitrogens is 1. The van der Waals surface area contributed by atoms with E-state index in [0.717, 1.165) is 12.0 Å². The maximum atomic E-state index is 12.6. The minimum Gasteiger partial charge on any atom is -0.338 e. The van der Waals surface area contributed by atoms with Crippen molar-refractivity contribution in [3.63, 3.8) is 0 Å². The van der Waals surface area contributed by atoms with Gasteiger partial charge in [0.1, 0.15) is 11.6 Å². The Hall–Kier alpha value is -2.04. The van der Waals surface area contributed by atoms with Gasteiger partial charge in [0, 0.05) is 13.1 Å². The van der Waals surface area contributed by atoms with Gasteiger partial charge in [-0.15, -0.1) is 11.8 Å². The monoisotopic (exact) mass is 347 g/mol. The molecule has 0 saturated carbocycles. The molecule has 120 valence electrons. The fraction of sp³-hybridized carbons (Fsp3) is 0.312. The van der Waals surface area contributed by atoms with Crippen molar-refractivity contribution in [3.8, 4) is 6.07 Å². The summed E-state index contributed by atoms with van der Waals surface area (Å²) in [6.45, 7) is 1.94. The molecule has 0 aliphatic rings. The molecule has 0 bridgehead atoms. The van der Waals surface area contributed by atoms with E-state index in [0.29, 0.717) is 10.6 Å². The molecule has 2 rings (SSSR count). The van der Waals surface area contributed by atoms with Gasteiger partial charge in [-0.05, 0) is 48.1 Å². The third-order valence-electron chi connectivity index (χ3n) is 3.65. The molecular formula is C16H17N3O2S2. The van der Waals surface area contributed by atoms with E-state index in [9.17, 15) is 9.59 Å². The van der Waals surface area contributed by atoms with Crippen LogP contribution < -0.4 is 5.56 Å². The molecule has 2 aromatic heterocycles. The maximum absolute atomic E-state index is 12.6. The molecule has 1 atom stereocenters. The molecule has 0 aliphatic heterocycles. The van der Waals surface area contributed by atoms with Crippen LogP contribution in [0, 0.1) is 11.3 Å².